The number of hydrogen-bond acceptors (Lipinski definition) is 3. The largest absolute Gasteiger partial charge is 0.454 e. The Hall–Kier alpha value is -2.13. The summed E-state index contributed by atoms with van der Waals surface area (Å²) >= 11 is 0. The van der Waals surface area contributed by atoms with E-state index in [4.69, 9.17) is 4.74 Å². The molecule has 0 radical (unpaired) electrons. The van der Waals surface area contributed by atoms with Crippen LogP contribution in [0.5, 0.6) is 0 Å². The maximum atomic E-state index is 12.2. The number of likely N-dealkylation sites (N-methyl/N-ethyl adjacent to an activating group) is 1. The van der Waals surface area contributed by atoms with Crippen LogP contribution in [-0.4, -0.2) is 30.1 Å². The molecule has 0 aromatic heterocycles. The van der Waals surface area contributed by atoms with Gasteiger partial charge in [-0.1, -0.05) is 48.5 Å². The number of carbonyl (C=O) groups is 1. The standard InChI is InChI=1S/C19H21NO2/c1-19(14-20(2)13-15-8-4-3-5-9-15)12-16-10-6-7-11-17(16)18(21)22-19/h3-11H,12-14H2,1-2H3. The average molecular weight is 295 g/mol. The van der Waals surface area contributed by atoms with Crippen LogP contribution in [0.4, 0.5) is 0 Å². The van der Waals surface area contributed by atoms with Gasteiger partial charge in [0, 0.05) is 19.5 Å². The summed E-state index contributed by atoms with van der Waals surface area (Å²) in [6.07, 6.45) is 0.758. The van der Waals surface area contributed by atoms with E-state index in [1.54, 1.807) is 0 Å². The Balaban J connectivity index is 1.71. The monoisotopic (exact) mass is 295 g/mol. The van der Waals surface area contributed by atoms with Crippen molar-refractivity contribution in [3.05, 3.63) is 71.3 Å². The summed E-state index contributed by atoms with van der Waals surface area (Å²) in [5.41, 5.74) is 2.56. The van der Waals surface area contributed by atoms with Crippen LogP contribution in [0.2, 0.25) is 0 Å². The van der Waals surface area contributed by atoms with Gasteiger partial charge >= 0.3 is 5.97 Å². The highest BCUT2D eigenvalue weighted by Gasteiger charge is 2.36. The number of carbonyl (C=O) groups excluding carboxylic acids is 1. The number of ether oxygens (including phenoxy) is 1. The zero-order valence-electron chi connectivity index (χ0n) is 13.1. The first-order valence-corrected chi connectivity index (χ1v) is 7.59. The van der Waals surface area contributed by atoms with Gasteiger partial charge in [0.2, 0.25) is 0 Å². The Labute approximate surface area is 131 Å². The van der Waals surface area contributed by atoms with Crippen molar-refractivity contribution in [1.29, 1.82) is 0 Å². The van der Waals surface area contributed by atoms with E-state index in [0.29, 0.717) is 12.1 Å². The summed E-state index contributed by atoms with van der Waals surface area (Å²) < 4.78 is 5.73. The van der Waals surface area contributed by atoms with E-state index in [9.17, 15) is 4.79 Å². The van der Waals surface area contributed by atoms with E-state index < -0.39 is 5.60 Å². The number of fused-ring (bicyclic) bond motifs is 1. The Kier molecular flexibility index (Phi) is 3.99. The van der Waals surface area contributed by atoms with Crippen LogP contribution in [0, 0.1) is 0 Å². The Bertz CT molecular complexity index is 668. The summed E-state index contributed by atoms with van der Waals surface area (Å²) in [6, 6.07) is 18.0. The molecule has 3 heteroatoms. The molecule has 0 N–H and O–H groups in total. The summed E-state index contributed by atoms with van der Waals surface area (Å²) in [6.45, 7) is 3.57. The fourth-order valence-corrected chi connectivity index (χ4v) is 3.20. The second-order valence-electron chi connectivity index (χ2n) is 6.33. The third-order valence-corrected chi connectivity index (χ3v) is 4.04. The molecular formula is C19H21NO2. The molecule has 0 spiro atoms. The quantitative estimate of drug-likeness (QED) is 0.811. The molecule has 3 rings (SSSR count). The topological polar surface area (TPSA) is 29.5 Å². The first-order valence-electron chi connectivity index (χ1n) is 7.59. The lowest BCUT2D eigenvalue weighted by molar-refractivity contribution is -0.0294. The molecule has 1 aliphatic rings. The van der Waals surface area contributed by atoms with Crippen molar-refractivity contribution in [3.8, 4) is 0 Å². The third-order valence-electron chi connectivity index (χ3n) is 4.04. The highest BCUT2D eigenvalue weighted by Crippen LogP contribution is 2.28. The van der Waals surface area contributed by atoms with E-state index >= 15 is 0 Å². The highest BCUT2D eigenvalue weighted by molar-refractivity contribution is 5.92. The predicted octanol–water partition coefficient (Wildman–Crippen LogP) is 3.29. The van der Waals surface area contributed by atoms with Gasteiger partial charge in [-0.25, -0.2) is 4.79 Å². The summed E-state index contributed by atoms with van der Waals surface area (Å²) in [5.74, 6) is -0.211. The fourth-order valence-electron chi connectivity index (χ4n) is 3.20. The molecule has 1 atom stereocenters. The normalized spacial score (nSPS) is 20.6. The molecule has 1 aliphatic heterocycles. The van der Waals surface area contributed by atoms with Crippen molar-refractivity contribution < 1.29 is 9.53 Å². The van der Waals surface area contributed by atoms with Gasteiger partial charge < -0.3 is 4.74 Å². The van der Waals surface area contributed by atoms with E-state index in [1.165, 1.54) is 5.56 Å². The van der Waals surface area contributed by atoms with Gasteiger partial charge in [0.25, 0.3) is 0 Å². The number of benzene rings is 2. The van der Waals surface area contributed by atoms with Crippen molar-refractivity contribution in [3.63, 3.8) is 0 Å². The van der Waals surface area contributed by atoms with Crippen molar-refractivity contribution in [2.75, 3.05) is 13.6 Å². The zero-order valence-corrected chi connectivity index (χ0v) is 13.1. The highest BCUT2D eigenvalue weighted by atomic mass is 16.6. The Morgan fingerprint density at radius 1 is 1.09 bits per heavy atom. The van der Waals surface area contributed by atoms with Crippen LogP contribution in [0.25, 0.3) is 0 Å². The lowest BCUT2D eigenvalue weighted by Gasteiger charge is -2.37. The molecule has 2 aromatic carbocycles. The van der Waals surface area contributed by atoms with Gasteiger partial charge in [-0.2, -0.15) is 0 Å². The van der Waals surface area contributed by atoms with Crippen LogP contribution >= 0.6 is 0 Å². The Morgan fingerprint density at radius 3 is 2.55 bits per heavy atom. The molecule has 0 fully saturated rings. The molecule has 22 heavy (non-hydrogen) atoms. The number of rotatable bonds is 4. The molecule has 1 unspecified atom stereocenters. The van der Waals surface area contributed by atoms with Crippen LogP contribution in [0.3, 0.4) is 0 Å². The SMILES string of the molecule is CN(Cc1ccccc1)CC1(C)Cc2ccccc2C(=O)O1. The minimum absolute atomic E-state index is 0.211. The van der Waals surface area contributed by atoms with Crippen LogP contribution in [0.1, 0.15) is 28.4 Å². The molecule has 0 saturated carbocycles. The molecule has 0 amide bonds. The molecule has 114 valence electrons. The van der Waals surface area contributed by atoms with Gasteiger partial charge in [-0.3, -0.25) is 4.90 Å². The maximum Gasteiger partial charge on any atom is 0.339 e. The first-order chi connectivity index (χ1) is 10.6. The van der Waals surface area contributed by atoms with E-state index in [2.05, 4.69) is 24.1 Å². The molecule has 0 aliphatic carbocycles. The van der Waals surface area contributed by atoms with Crippen LogP contribution in [0.15, 0.2) is 54.6 Å². The number of esters is 1. The number of nitrogens with zero attached hydrogens (tertiary/aromatic N) is 1. The lowest BCUT2D eigenvalue weighted by Crippen LogP contribution is -2.47. The van der Waals surface area contributed by atoms with Crippen molar-refractivity contribution in [1.82, 2.24) is 4.90 Å². The van der Waals surface area contributed by atoms with Gasteiger partial charge in [0.1, 0.15) is 5.60 Å². The first kappa shape index (κ1) is 14.8. The smallest absolute Gasteiger partial charge is 0.339 e. The molecule has 0 bridgehead atoms. The lowest BCUT2D eigenvalue weighted by atomic mass is 9.89. The zero-order chi connectivity index (χ0) is 15.6. The number of cyclic esters (lactones) is 1. The second kappa shape index (κ2) is 5.93. The molecular weight excluding hydrogens is 274 g/mol. The minimum atomic E-state index is -0.477. The minimum Gasteiger partial charge on any atom is -0.454 e. The molecule has 3 nitrogen and oxygen atoms in total. The second-order valence-corrected chi connectivity index (χ2v) is 6.33. The fraction of sp³-hybridized carbons (Fsp3) is 0.316. The summed E-state index contributed by atoms with van der Waals surface area (Å²) in [7, 11) is 2.06. The van der Waals surface area contributed by atoms with Gasteiger partial charge in [-0.15, -0.1) is 0 Å². The molecule has 1 heterocycles. The van der Waals surface area contributed by atoms with Gasteiger partial charge in [-0.05, 0) is 31.2 Å². The van der Waals surface area contributed by atoms with Gasteiger partial charge in [0.05, 0.1) is 5.56 Å². The summed E-state index contributed by atoms with van der Waals surface area (Å²) in [4.78, 5) is 14.4. The molecule has 2 aromatic rings. The average Bonchev–Trinajstić information content (AvgIpc) is 2.47. The third kappa shape index (κ3) is 3.20. The molecule has 0 saturated heterocycles. The predicted molar refractivity (Wildman–Crippen MR) is 86.7 cm³/mol. The van der Waals surface area contributed by atoms with Crippen molar-refractivity contribution in [2.24, 2.45) is 0 Å². The van der Waals surface area contributed by atoms with Crippen molar-refractivity contribution in [2.45, 2.75) is 25.5 Å². The Morgan fingerprint density at radius 2 is 1.77 bits per heavy atom. The van der Waals surface area contributed by atoms with E-state index in [-0.39, 0.29) is 5.97 Å². The van der Waals surface area contributed by atoms with Crippen LogP contribution < -0.4 is 0 Å². The van der Waals surface area contributed by atoms with E-state index in [1.807, 2.05) is 49.4 Å². The maximum absolute atomic E-state index is 12.2. The summed E-state index contributed by atoms with van der Waals surface area (Å²) in [5, 5.41) is 0. The van der Waals surface area contributed by atoms with Gasteiger partial charge in [0.15, 0.2) is 0 Å². The van der Waals surface area contributed by atoms with Crippen molar-refractivity contribution >= 4 is 5.97 Å². The van der Waals surface area contributed by atoms with E-state index in [0.717, 1.165) is 18.5 Å². The van der Waals surface area contributed by atoms with Crippen LogP contribution in [-0.2, 0) is 17.7 Å². The number of hydrogen-bond donors (Lipinski definition) is 0.